The number of nitrogens with one attached hydrogen (secondary N) is 2. The number of aliphatic imine (C=N–C) groups is 1. The molecule has 2 heterocycles. The smallest absolute Gasteiger partial charge is 0.475 e. The number of aromatic nitrogens is 3. The summed E-state index contributed by atoms with van der Waals surface area (Å²) in [5.41, 5.74) is 7.96. The van der Waals surface area contributed by atoms with Gasteiger partial charge in [-0.25, -0.2) is 19.6 Å². The van der Waals surface area contributed by atoms with E-state index in [1.54, 1.807) is 30.1 Å². The number of aryl methyl sites for hydroxylation is 1. The van der Waals surface area contributed by atoms with Crippen molar-refractivity contribution < 1.29 is 50.9 Å². The monoisotopic (exact) mass is 610 g/mol. The van der Waals surface area contributed by atoms with Gasteiger partial charge in [0.05, 0.1) is 6.33 Å². The first-order valence-electron chi connectivity index (χ1n) is 11.2. The molecule has 1 amide bonds. The average molecular weight is 611 g/mol. The van der Waals surface area contributed by atoms with Crippen LogP contribution in [0.3, 0.4) is 0 Å². The fourth-order valence-electron chi connectivity index (χ4n) is 2.75. The second-order valence-corrected chi connectivity index (χ2v) is 8.57. The van der Waals surface area contributed by atoms with Gasteiger partial charge in [-0.05, 0) is 18.4 Å². The molecule has 18 heteroatoms. The second kappa shape index (κ2) is 16.6. The van der Waals surface area contributed by atoms with Crippen LogP contribution < -0.4 is 11.1 Å². The average Bonchev–Trinajstić information content (AvgIpc) is 3.60. The number of carbonyl (C=O) groups is 3. The number of H-pyrrole nitrogens is 1. The van der Waals surface area contributed by atoms with Crippen LogP contribution in [0.15, 0.2) is 59.4 Å². The van der Waals surface area contributed by atoms with Gasteiger partial charge in [0.15, 0.2) is 5.96 Å². The number of hydrogen-bond donors (Lipinski definition) is 5. The molecule has 11 nitrogen and oxygen atoms in total. The van der Waals surface area contributed by atoms with E-state index in [1.807, 2.05) is 35.7 Å². The van der Waals surface area contributed by atoms with Gasteiger partial charge in [-0.1, -0.05) is 30.3 Å². The number of nitrogens with zero attached hydrogens (tertiary/aromatic N) is 3. The number of carboxylic acids is 2. The first-order valence-corrected chi connectivity index (χ1v) is 12.1. The lowest BCUT2D eigenvalue weighted by molar-refractivity contribution is -0.193. The summed E-state index contributed by atoms with van der Waals surface area (Å²) in [6.07, 6.45) is -3.05. The molecule has 0 aliphatic rings. The zero-order valence-electron chi connectivity index (χ0n) is 20.8. The molecule has 1 atom stereocenters. The van der Waals surface area contributed by atoms with Crippen LogP contribution in [0, 0.1) is 0 Å². The number of alkyl halides is 6. The number of halogens is 6. The third-order valence-corrected chi connectivity index (χ3v) is 5.42. The zero-order chi connectivity index (χ0) is 31.1. The summed E-state index contributed by atoms with van der Waals surface area (Å²) in [5.74, 6) is -5.64. The topological polar surface area (TPSA) is 184 Å². The van der Waals surface area contributed by atoms with Crippen molar-refractivity contribution in [2.75, 3.05) is 6.54 Å². The first-order chi connectivity index (χ1) is 19.1. The van der Waals surface area contributed by atoms with Crippen LogP contribution >= 0.6 is 11.3 Å². The molecule has 0 bridgehead atoms. The molecule has 0 saturated carbocycles. The third kappa shape index (κ3) is 14.5. The number of benzene rings is 1. The van der Waals surface area contributed by atoms with Gasteiger partial charge in [-0.2, -0.15) is 26.3 Å². The molecule has 0 aliphatic heterocycles. The van der Waals surface area contributed by atoms with Gasteiger partial charge in [-0.15, -0.1) is 11.3 Å². The summed E-state index contributed by atoms with van der Waals surface area (Å²) in [5, 5.41) is 19.8. The normalized spacial score (nSPS) is 12.2. The molecule has 3 aromatic rings. The molecule has 41 heavy (non-hydrogen) atoms. The summed E-state index contributed by atoms with van der Waals surface area (Å²) >= 11 is 1.54. The van der Waals surface area contributed by atoms with Gasteiger partial charge < -0.3 is 20.9 Å². The number of thiazole rings is 1. The number of guanidine groups is 1. The number of carbonyl (C=O) groups excluding carboxylic acids is 1. The molecular weight excluding hydrogens is 586 g/mol. The Labute approximate surface area is 232 Å². The number of hydrogen-bond acceptors (Lipinski definition) is 7. The highest BCUT2D eigenvalue weighted by Gasteiger charge is 2.38. The molecule has 1 aromatic carbocycles. The standard InChI is InChI=1S/C19H22N6OS.2C2HF3O2/c20-19(23-8-4-7-15-12-21-13-24-15)25-17(26)11-16(18-22-9-10-27-18)14-5-2-1-3-6-14;2*3-2(4,5)1(6)7/h1-3,5-6,9-10,12-13,16H,4,7-8,11H2,(H,21,24)(H3,20,23,25,26);2*(H,6,7). The van der Waals surface area contributed by atoms with Gasteiger partial charge >= 0.3 is 24.3 Å². The van der Waals surface area contributed by atoms with Crippen LogP contribution in [-0.2, 0) is 20.8 Å². The van der Waals surface area contributed by atoms with Crippen LogP contribution in [0.4, 0.5) is 26.3 Å². The van der Waals surface area contributed by atoms with Crippen molar-refractivity contribution in [1.29, 1.82) is 0 Å². The van der Waals surface area contributed by atoms with Gasteiger partial charge in [0, 0.05) is 42.4 Å². The molecule has 3 rings (SSSR count). The molecule has 0 spiro atoms. The van der Waals surface area contributed by atoms with E-state index in [4.69, 9.17) is 25.5 Å². The maximum absolute atomic E-state index is 12.4. The van der Waals surface area contributed by atoms with E-state index in [1.165, 1.54) is 0 Å². The van der Waals surface area contributed by atoms with Crippen molar-refractivity contribution in [2.45, 2.75) is 37.5 Å². The maximum Gasteiger partial charge on any atom is 0.490 e. The molecule has 1 unspecified atom stereocenters. The minimum Gasteiger partial charge on any atom is -0.475 e. The van der Waals surface area contributed by atoms with E-state index < -0.39 is 24.3 Å². The first kappa shape index (κ1) is 34.5. The van der Waals surface area contributed by atoms with Crippen molar-refractivity contribution in [1.82, 2.24) is 20.3 Å². The summed E-state index contributed by atoms with van der Waals surface area (Å²) in [4.78, 5) is 45.8. The number of imidazole rings is 1. The Morgan fingerprint density at radius 1 is 1.05 bits per heavy atom. The van der Waals surface area contributed by atoms with Crippen LogP contribution in [-0.4, -0.2) is 67.9 Å². The van der Waals surface area contributed by atoms with E-state index >= 15 is 0 Å². The molecule has 224 valence electrons. The minimum atomic E-state index is -5.08. The van der Waals surface area contributed by atoms with Gasteiger partial charge in [0.25, 0.3) is 0 Å². The summed E-state index contributed by atoms with van der Waals surface area (Å²) < 4.78 is 63.5. The summed E-state index contributed by atoms with van der Waals surface area (Å²) in [6, 6.07) is 9.89. The quantitative estimate of drug-likeness (QED) is 0.111. The highest BCUT2D eigenvalue weighted by Crippen LogP contribution is 2.29. The van der Waals surface area contributed by atoms with E-state index in [0.717, 1.165) is 29.1 Å². The van der Waals surface area contributed by atoms with Gasteiger partial charge in [-0.3, -0.25) is 15.1 Å². The predicted octanol–water partition coefficient (Wildman–Crippen LogP) is 3.72. The number of rotatable bonds is 8. The predicted molar refractivity (Wildman–Crippen MR) is 134 cm³/mol. The Hall–Kier alpha value is -4.48. The van der Waals surface area contributed by atoms with Crippen molar-refractivity contribution >= 4 is 35.1 Å². The Morgan fingerprint density at radius 2 is 1.63 bits per heavy atom. The molecule has 0 radical (unpaired) electrons. The molecular formula is C23H24F6N6O5S. The number of aromatic amines is 1. The van der Waals surface area contributed by atoms with Crippen LogP contribution in [0.1, 0.15) is 35.0 Å². The molecule has 0 aliphatic carbocycles. The van der Waals surface area contributed by atoms with Crippen molar-refractivity contribution in [3.8, 4) is 0 Å². The largest absolute Gasteiger partial charge is 0.490 e. The Balaban J connectivity index is 0.000000497. The number of carboxylic acid groups (broad SMARTS) is 2. The van der Waals surface area contributed by atoms with E-state index in [2.05, 4.69) is 25.3 Å². The number of nitrogens with two attached hydrogens (primary N) is 1. The zero-order valence-corrected chi connectivity index (χ0v) is 21.6. The Kier molecular flexibility index (Phi) is 14.0. The van der Waals surface area contributed by atoms with Crippen LogP contribution in [0.2, 0.25) is 0 Å². The Bertz CT molecular complexity index is 1210. The van der Waals surface area contributed by atoms with E-state index in [-0.39, 0.29) is 24.2 Å². The summed E-state index contributed by atoms with van der Waals surface area (Å²) in [7, 11) is 0. The second-order valence-electron chi connectivity index (χ2n) is 7.64. The van der Waals surface area contributed by atoms with Gasteiger partial charge in [0.2, 0.25) is 5.91 Å². The van der Waals surface area contributed by atoms with Gasteiger partial charge in [0.1, 0.15) is 5.01 Å². The fraction of sp³-hybridized carbons (Fsp3) is 0.304. The van der Waals surface area contributed by atoms with Crippen molar-refractivity contribution in [3.05, 3.63) is 70.7 Å². The SMILES string of the molecule is NC(=NCCCc1cnc[nH]1)NC(=O)CC(c1ccccc1)c1nccs1.O=C(O)C(F)(F)F.O=C(O)C(F)(F)F. The molecule has 2 aromatic heterocycles. The van der Waals surface area contributed by atoms with Crippen molar-refractivity contribution in [2.24, 2.45) is 10.7 Å². The van der Waals surface area contributed by atoms with E-state index in [9.17, 15) is 31.1 Å². The number of amides is 1. The van der Waals surface area contributed by atoms with Crippen LogP contribution in [0.5, 0.6) is 0 Å². The Morgan fingerprint density at radius 3 is 2.10 bits per heavy atom. The summed E-state index contributed by atoms with van der Waals surface area (Å²) in [6.45, 7) is 0.541. The highest BCUT2D eigenvalue weighted by molar-refractivity contribution is 7.09. The van der Waals surface area contributed by atoms with Crippen molar-refractivity contribution in [3.63, 3.8) is 0 Å². The lowest BCUT2D eigenvalue weighted by atomic mass is 9.96. The maximum atomic E-state index is 12.4. The highest BCUT2D eigenvalue weighted by atomic mass is 32.1. The molecule has 0 fully saturated rings. The third-order valence-electron chi connectivity index (χ3n) is 4.53. The number of aliphatic carboxylic acids is 2. The lowest BCUT2D eigenvalue weighted by Crippen LogP contribution is -2.37. The van der Waals surface area contributed by atoms with Crippen LogP contribution in [0.25, 0.3) is 0 Å². The molecule has 6 N–H and O–H groups in total. The van der Waals surface area contributed by atoms with E-state index in [0.29, 0.717) is 6.54 Å². The minimum absolute atomic E-state index is 0.0978. The fourth-order valence-corrected chi connectivity index (χ4v) is 3.52. The lowest BCUT2D eigenvalue weighted by Gasteiger charge is -2.14. The molecule has 0 saturated heterocycles.